The molecule has 1 fully saturated rings. The molecule has 1 N–H and O–H groups in total. The van der Waals surface area contributed by atoms with Gasteiger partial charge >= 0.3 is 0 Å². The SMILES string of the molecule is O=c1[nH]c([C@@H]2CCOC2)nc2sc3c(c12)CCCS3. The normalized spacial score (nSPS) is 22.8. The maximum atomic E-state index is 12.4. The summed E-state index contributed by atoms with van der Waals surface area (Å²) in [6.45, 7) is 1.44. The van der Waals surface area contributed by atoms with E-state index in [0.29, 0.717) is 6.61 Å². The van der Waals surface area contributed by atoms with Crippen LogP contribution in [0.1, 0.15) is 30.1 Å². The van der Waals surface area contributed by atoms with Crippen molar-refractivity contribution < 1.29 is 4.74 Å². The maximum Gasteiger partial charge on any atom is 0.259 e. The van der Waals surface area contributed by atoms with Crippen LogP contribution in [-0.2, 0) is 11.2 Å². The summed E-state index contributed by atoms with van der Waals surface area (Å²) < 4.78 is 6.67. The van der Waals surface area contributed by atoms with E-state index in [2.05, 4.69) is 4.98 Å². The molecule has 2 aliphatic rings. The average Bonchev–Trinajstić information content (AvgIpc) is 3.05. The fourth-order valence-corrected chi connectivity index (χ4v) is 5.30. The van der Waals surface area contributed by atoms with Gasteiger partial charge in [-0.2, -0.15) is 0 Å². The third-order valence-corrected chi connectivity index (χ3v) is 6.29. The summed E-state index contributed by atoms with van der Waals surface area (Å²) in [5.41, 5.74) is 1.26. The number of thioether (sulfide) groups is 1. The molecule has 4 nitrogen and oxygen atoms in total. The smallest absolute Gasteiger partial charge is 0.259 e. The highest BCUT2D eigenvalue weighted by atomic mass is 32.2. The Morgan fingerprint density at radius 2 is 2.37 bits per heavy atom. The lowest BCUT2D eigenvalue weighted by Gasteiger charge is -2.09. The number of aromatic amines is 1. The van der Waals surface area contributed by atoms with Crippen LogP contribution in [0.4, 0.5) is 0 Å². The minimum Gasteiger partial charge on any atom is -0.381 e. The molecule has 4 rings (SSSR count). The molecule has 1 saturated heterocycles. The molecule has 6 heteroatoms. The molecule has 1 atom stereocenters. The van der Waals surface area contributed by atoms with E-state index >= 15 is 0 Å². The zero-order valence-electron chi connectivity index (χ0n) is 10.4. The van der Waals surface area contributed by atoms with Crippen LogP contribution in [-0.4, -0.2) is 28.9 Å². The van der Waals surface area contributed by atoms with Gasteiger partial charge in [-0.3, -0.25) is 4.79 Å². The molecule has 0 radical (unpaired) electrons. The molecule has 0 unspecified atom stereocenters. The van der Waals surface area contributed by atoms with Crippen molar-refractivity contribution in [3.8, 4) is 0 Å². The standard InChI is InChI=1S/C13H14N2O2S2/c16-11-9-8-2-1-5-18-13(8)19-12(9)15-10(14-11)7-3-4-17-6-7/h7H,1-6H2,(H,14,15,16)/t7-/m1/s1. The van der Waals surface area contributed by atoms with Crippen LogP contribution >= 0.6 is 23.1 Å². The molecule has 100 valence electrons. The second kappa shape index (κ2) is 4.61. The van der Waals surface area contributed by atoms with Gasteiger partial charge in [0.25, 0.3) is 5.56 Å². The number of hydrogen-bond donors (Lipinski definition) is 1. The molecule has 0 spiro atoms. The van der Waals surface area contributed by atoms with E-state index in [-0.39, 0.29) is 11.5 Å². The minimum atomic E-state index is 0.0342. The number of aromatic nitrogens is 2. The highest BCUT2D eigenvalue weighted by Gasteiger charge is 2.24. The van der Waals surface area contributed by atoms with E-state index in [4.69, 9.17) is 9.72 Å². The molecule has 0 bridgehead atoms. The van der Waals surface area contributed by atoms with Gasteiger partial charge in [0.1, 0.15) is 10.7 Å². The molecular weight excluding hydrogens is 280 g/mol. The fourth-order valence-electron chi connectivity index (χ4n) is 2.76. The quantitative estimate of drug-likeness (QED) is 0.878. The Labute approximate surface area is 118 Å². The Hall–Kier alpha value is -0.850. The number of hydrogen-bond acceptors (Lipinski definition) is 5. The number of ether oxygens (including phenoxy) is 1. The summed E-state index contributed by atoms with van der Waals surface area (Å²) in [7, 11) is 0. The Balaban J connectivity index is 1.90. The molecular formula is C13H14N2O2S2. The van der Waals surface area contributed by atoms with Gasteiger partial charge in [0.2, 0.25) is 0 Å². The van der Waals surface area contributed by atoms with Crippen LogP contribution in [0, 0.1) is 0 Å². The third kappa shape index (κ3) is 1.93. The monoisotopic (exact) mass is 294 g/mol. The van der Waals surface area contributed by atoms with Crippen LogP contribution in [0.3, 0.4) is 0 Å². The average molecular weight is 294 g/mol. The van der Waals surface area contributed by atoms with Gasteiger partial charge in [0, 0.05) is 12.5 Å². The minimum absolute atomic E-state index is 0.0342. The third-order valence-electron chi connectivity index (χ3n) is 3.76. The van der Waals surface area contributed by atoms with E-state index in [1.54, 1.807) is 11.3 Å². The predicted molar refractivity (Wildman–Crippen MR) is 77.5 cm³/mol. The number of nitrogens with one attached hydrogen (secondary N) is 1. The highest BCUT2D eigenvalue weighted by Crippen LogP contribution is 2.40. The number of nitrogens with zero attached hydrogens (tertiary/aromatic N) is 1. The summed E-state index contributed by atoms with van der Waals surface area (Å²) in [5.74, 6) is 2.21. The van der Waals surface area contributed by atoms with Gasteiger partial charge < -0.3 is 9.72 Å². The van der Waals surface area contributed by atoms with Gasteiger partial charge in [0.15, 0.2) is 0 Å². The first-order chi connectivity index (χ1) is 9.33. The zero-order chi connectivity index (χ0) is 12.8. The molecule has 0 aliphatic carbocycles. The van der Waals surface area contributed by atoms with Crippen molar-refractivity contribution in [3.05, 3.63) is 21.7 Å². The van der Waals surface area contributed by atoms with Crippen molar-refractivity contribution >= 4 is 33.3 Å². The van der Waals surface area contributed by atoms with Gasteiger partial charge in [-0.1, -0.05) is 0 Å². The first kappa shape index (κ1) is 11.9. The lowest BCUT2D eigenvalue weighted by molar-refractivity contribution is 0.193. The summed E-state index contributed by atoms with van der Waals surface area (Å²) in [5, 5.41) is 0.829. The Kier molecular flexibility index (Phi) is 2.90. The topological polar surface area (TPSA) is 55.0 Å². The first-order valence-corrected chi connectivity index (χ1v) is 8.39. The Morgan fingerprint density at radius 1 is 1.42 bits per heavy atom. The zero-order valence-corrected chi connectivity index (χ0v) is 12.0. The van der Waals surface area contributed by atoms with Crippen molar-refractivity contribution in [2.75, 3.05) is 19.0 Å². The van der Waals surface area contributed by atoms with Crippen LogP contribution < -0.4 is 5.56 Å². The van der Waals surface area contributed by atoms with Gasteiger partial charge in [-0.15, -0.1) is 23.1 Å². The first-order valence-electron chi connectivity index (χ1n) is 6.59. The molecule has 0 amide bonds. The van der Waals surface area contributed by atoms with Gasteiger partial charge in [-0.05, 0) is 30.6 Å². The van der Waals surface area contributed by atoms with Crippen LogP contribution in [0.2, 0.25) is 0 Å². The number of aryl methyl sites for hydroxylation is 1. The van der Waals surface area contributed by atoms with Crippen LogP contribution in [0.15, 0.2) is 9.00 Å². The van der Waals surface area contributed by atoms with Gasteiger partial charge in [0.05, 0.1) is 16.2 Å². The molecule has 2 aromatic heterocycles. The summed E-state index contributed by atoms with van der Waals surface area (Å²) in [6.07, 6.45) is 3.12. The lowest BCUT2D eigenvalue weighted by Crippen LogP contribution is -2.15. The van der Waals surface area contributed by atoms with Crippen molar-refractivity contribution in [3.63, 3.8) is 0 Å². The summed E-state index contributed by atoms with van der Waals surface area (Å²) >= 11 is 3.54. The van der Waals surface area contributed by atoms with E-state index < -0.39 is 0 Å². The van der Waals surface area contributed by atoms with Crippen molar-refractivity contribution in [2.24, 2.45) is 0 Å². The molecule has 0 aromatic carbocycles. The van der Waals surface area contributed by atoms with Crippen LogP contribution in [0.25, 0.3) is 10.2 Å². The summed E-state index contributed by atoms with van der Waals surface area (Å²) in [6, 6.07) is 0. The van der Waals surface area contributed by atoms with Gasteiger partial charge in [-0.25, -0.2) is 4.98 Å². The van der Waals surface area contributed by atoms with E-state index in [1.807, 2.05) is 11.8 Å². The van der Waals surface area contributed by atoms with Crippen LogP contribution in [0.5, 0.6) is 0 Å². The Bertz CT molecular complexity index is 686. The Morgan fingerprint density at radius 3 is 3.21 bits per heavy atom. The molecule has 4 heterocycles. The second-order valence-electron chi connectivity index (χ2n) is 5.01. The predicted octanol–water partition coefficient (Wildman–Crippen LogP) is 2.53. The molecule has 19 heavy (non-hydrogen) atoms. The number of thiophene rings is 1. The highest BCUT2D eigenvalue weighted by molar-refractivity contribution is 8.01. The number of H-pyrrole nitrogens is 1. The van der Waals surface area contributed by atoms with Crippen molar-refractivity contribution in [1.82, 2.24) is 9.97 Å². The lowest BCUT2D eigenvalue weighted by atomic mass is 10.1. The summed E-state index contributed by atoms with van der Waals surface area (Å²) in [4.78, 5) is 20.9. The van der Waals surface area contributed by atoms with E-state index in [9.17, 15) is 4.79 Å². The van der Waals surface area contributed by atoms with Crippen molar-refractivity contribution in [1.29, 1.82) is 0 Å². The fraction of sp³-hybridized carbons (Fsp3) is 0.538. The van der Waals surface area contributed by atoms with E-state index in [1.165, 1.54) is 9.77 Å². The van der Waals surface area contributed by atoms with E-state index in [0.717, 1.165) is 47.7 Å². The van der Waals surface area contributed by atoms with Crippen molar-refractivity contribution in [2.45, 2.75) is 29.4 Å². The molecule has 0 saturated carbocycles. The second-order valence-corrected chi connectivity index (χ2v) is 7.37. The largest absolute Gasteiger partial charge is 0.381 e. The molecule has 2 aromatic rings. The molecule has 2 aliphatic heterocycles. The number of fused-ring (bicyclic) bond motifs is 3. The maximum absolute atomic E-state index is 12.4. The number of rotatable bonds is 1.